The molecule has 3 unspecified atom stereocenters. The molecule has 0 spiro atoms. The van der Waals surface area contributed by atoms with Crippen molar-refractivity contribution in [3.8, 4) is 0 Å². The zero-order valence-electron chi connectivity index (χ0n) is 13.1. The number of ether oxygens (including phenoxy) is 2. The third kappa shape index (κ3) is 3.46. The zero-order valence-corrected chi connectivity index (χ0v) is 13.1. The van der Waals surface area contributed by atoms with Gasteiger partial charge < -0.3 is 15.2 Å². The average molecular weight is 257 g/mol. The summed E-state index contributed by atoms with van der Waals surface area (Å²) in [5, 5.41) is 0. The maximum absolute atomic E-state index is 6.50. The van der Waals surface area contributed by atoms with Crippen LogP contribution in [-0.4, -0.2) is 30.0 Å². The summed E-state index contributed by atoms with van der Waals surface area (Å²) in [6.45, 7) is 15.7. The maximum Gasteiger partial charge on any atom is 0.0752 e. The van der Waals surface area contributed by atoms with Crippen molar-refractivity contribution in [2.24, 2.45) is 17.6 Å². The molecule has 108 valence electrons. The first kappa shape index (κ1) is 15.9. The van der Waals surface area contributed by atoms with Crippen molar-refractivity contribution in [1.82, 2.24) is 0 Å². The smallest absolute Gasteiger partial charge is 0.0752 e. The largest absolute Gasteiger partial charge is 0.377 e. The summed E-state index contributed by atoms with van der Waals surface area (Å²) in [5.41, 5.74) is 6.24. The third-order valence-corrected chi connectivity index (χ3v) is 4.00. The molecule has 0 aromatic rings. The highest BCUT2D eigenvalue weighted by Crippen LogP contribution is 2.44. The highest BCUT2D eigenvalue weighted by Gasteiger charge is 2.50. The van der Waals surface area contributed by atoms with Crippen LogP contribution in [-0.2, 0) is 9.47 Å². The minimum absolute atomic E-state index is 0.0294. The van der Waals surface area contributed by atoms with E-state index in [0.29, 0.717) is 18.4 Å². The van der Waals surface area contributed by atoms with Crippen LogP contribution in [0.25, 0.3) is 0 Å². The molecule has 1 fully saturated rings. The molecule has 0 saturated carbocycles. The molecule has 0 bridgehead atoms. The van der Waals surface area contributed by atoms with Crippen molar-refractivity contribution < 1.29 is 9.47 Å². The summed E-state index contributed by atoms with van der Waals surface area (Å²) in [7, 11) is 0. The van der Waals surface area contributed by atoms with E-state index in [9.17, 15) is 0 Å². The third-order valence-electron chi connectivity index (χ3n) is 4.00. The second-order valence-corrected chi connectivity index (χ2v) is 7.02. The lowest BCUT2D eigenvalue weighted by Gasteiger charge is -2.36. The SMILES string of the molecule is CCOC(C(C)C)C(N)C1CC(C)(C)OC1(C)C. The van der Waals surface area contributed by atoms with E-state index >= 15 is 0 Å². The molecule has 1 aliphatic rings. The van der Waals surface area contributed by atoms with Crippen LogP contribution in [0, 0.1) is 11.8 Å². The summed E-state index contributed by atoms with van der Waals surface area (Å²) in [6.07, 6.45) is 1.11. The molecule has 0 aliphatic carbocycles. The van der Waals surface area contributed by atoms with E-state index in [-0.39, 0.29) is 23.3 Å². The van der Waals surface area contributed by atoms with Gasteiger partial charge in [0.2, 0.25) is 0 Å². The highest BCUT2D eigenvalue weighted by molar-refractivity contribution is 5.01. The lowest BCUT2D eigenvalue weighted by Crippen LogP contribution is -2.50. The second kappa shape index (κ2) is 5.48. The predicted octanol–water partition coefficient (Wildman–Crippen LogP) is 2.97. The summed E-state index contributed by atoms with van der Waals surface area (Å²) in [6, 6.07) is 0.0294. The number of nitrogens with two attached hydrogens (primary N) is 1. The van der Waals surface area contributed by atoms with Crippen LogP contribution >= 0.6 is 0 Å². The standard InChI is InChI=1S/C15H31NO2/c1-8-17-13(10(2)3)12(16)11-9-14(4,5)18-15(11,6)7/h10-13H,8-9,16H2,1-7H3. The molecule has 0 amide bonds. The number of hydrogen-bond acceptors (Lipinski definition) is 3. The van der Waals surface area contributed by atoms with Crippen LogP contribution in [0.4, 0.5) is 0 Å². The first-order chi connectivity index (χ1) is 8.10. The monoisotopic (exact) mass is 257 g/mol. The van der Waals surface area contributed by atoms with Crippen molar-refractivity contribution in [1.29, 1.82) is 0 Å². The van der Waals surface area contributed by atoms with Crippen LogP contribution in [0.1, 0.15) is 54.9 Å². The van der Waals surface area contributed by atoms with Gasteiger partial charge in [-0.3, -0.25) is 0 Å². The first-order valence-electron chi connectivity index (χ1n) is 7.18. The van der Waals surface area contributed by atoms with Gasteiger partial charge in [-0.15, -0.1) is 0 Å². The van der Waals surface area contributed by atoms with Crippen LogP contribution in [0.3, 0.4) is 0 Å². The molecule has 1 rings (SSSR count). The summed E-state index contributed by atoms with van der Waals surface area (Å²) in [5.74, 6) is 0.769. The molecule has 3 atom stereocenters. The van der Waals surface area contributed by atoms with E-state index in [1.807, 2.05) is 6.92 Å². The normalized spacial score (nSPS) is 29.5. The van der Waals surface area contributed by atoms with Gasteiger partial charge in [-0.1, -0.05) is 13.8 Å². The Morgan fingerprint density at radius 2 is 1.83 bits per heavy atom. The van der Waals surface area contributed by atoms with Crippen LogP contribution in [0.2, 0.25) is 0 Å². The van der Waals surface area contributed by atoms with Gasteiger partial charge >= 0.3 is 0 Å². The van der Waals surface area contributed by atoms with Crippen molar-refractivity contribution >= 4 is 0 Å². The van der Waals surface area contributed by atoms with Crippen molar-refractivity contribution in [2.45, 2.75) is 78.2 Å². The quantitative estimate of drug-likeness (QED) is 0.823. The molecule has 3 heteroatoms. The van der Waals surface area contributed by atoms with Gasteiger partial charge in [-0.2, -0.15) is 0 Å². The van der Waals surface area contributed by atoms with E-state index in [1.54, 1.807) is 0 Å². The van der Waals surface area contributed by atoms with Gasteiger partial charge in [0, 0.05) is 18.6 Å². The van der Waals surface area contributed by atoms with E-state index in [2.05, 4.69) is 41.5 Å². The molecule has 1 aliphatic heterocycles. The molecule has 1 saturated heterocycles. The highest BCUT2D eigenvalue weighted by atomic mass is 16.5. The minimum Gasteiger partial charge on any atom is -0.377 e. The lowest BCUT2D eigenvalue weighted by molar-refractivity contribution is -0.0862. The van der Waals surface area contributed by atoms with Crippen LogP contribution in [0.5, 0.6) is 0 Å². The van der Waals surface area contributed by atoms with E-state index in [1.165, 1.54) is 0 Å². The molecule has 0 radical (unpaired) electrons. The first-order valence-corrected chi connectivity index (χ1v) is 7.18. The Hall–Kier alpha value is -0.120. The van der Waals surface area contributed by atoms with Gasteiger partial charge in [-0.05, 0) is 47.0 Å². The fourth-order valence-corrected chi connectivity index (χ4v) is 3.37. The van der Waals surface area contributed by atoms with Gasteiger partial charge in [0.25, 0.3) is 0 Å². The van der Waals surface area contributed by atoms with E-state index in [0.717, 1.165) is 6.42 Å². The second-order valence-electron chi connectivity index (χ2n) is 7.02. The van der Waals surface area contributed by atoms with Gasteiger partial charge in [-0.25, -0.2) is 0 Å². The van der Waals surface area contributed by atoms with Gasteiger partial charge in [0.05, 0.1) is 17.3 Å². The Morgan fingerprint density at radius 3 is 2.17 bits per heavy atom. The number of rotatable bonds is 5. The van der Waals surface area contributed by atoms with Crippen molar-refractivity contribution in [3.05, 3.63) is 0 Å². The molecule has 0 aromatic carbocycles. The molecule has 2 N–H and O–H groups in total. The fourth-order valence-electron chi connectivity index (χ4n) is 3.37. The Bertz CT molecular complexity index is 274. The van der Waals surface area contributed by atoms with Crippen LogP contribution < -0.4 is 5.73 Å². The molecular formula is C15H31NO2. The van der Waals surface area contributed by atoms with Gasteiger partial charge in [0.1, 0.15) is 0 Å². The summed E-state index contributed by atoms with van der Waals surface area (Å²) >= 11 is 0. The number of hydrogen-bond donors (Lipinski definition) is 1. The van der Waals surface area contributed by atoms with E-state index < -0.39 is 0 Å². The summed E-state index contributed by atoms with van der Waals surface area (Å²) in [4.78, 5) is 0. The average Bonchev–Trinajstić information content (AvgIpc) is 2.41. The Labute approximate surface area is 112 Å². The van der Waals surface area contributed by atoms with Crippen molar-refractivity contribution in [2.75, 3.05) is 6.61 Å². The Morgan fingerprint density at radius 1 is 1.28 bits per heavy atom. The van der Waals surface area contributed by atoms with Crippen molar-refractivity contribution in [3.63, 3.8) is 0 Å². The maximum atomic E-state index is 6.50. The fraction of sp³-hybridized carbons (Fsp3) is 1.00. The molecule has 0 aromatic heterocycles. The Balaban J connectivity index is 2.85. The van der Waals surface area contributed by atoms with Crippen LogP contribution in [0.15, 0.2) is 0 Å². The van der Waals surface area contributed by atoms with Gasteiger partial charge in [0.15, 0.2) is 0 Å². The van der Waals surface area contributed by atoms with E-state index in [4.69, 9.17) is 15.2 Å². The summed E-state index contributed by atoms with van der Waals surface area (Å²) < 4.78 is 12.0. The Kier molecular flexibility index (Phi) is 4.85. The molecule has 1 heterocycles. The lowest BCUT2D eigenvalue weighted by atomic mass is 9.78. The topological polar surface area (TPSA) is 44.5 Å². The molecule has 18 heavy (non-hydrogen) atoms. The predicted molar refractivity (Wildman–Crippen MR) is 75.6 cm³/mol. The minimum atomic E-state index is -0.173. The molecular weight excluding hydrogens is 226 g/mol. The molecule has 3 nitrogen and oxygen atoms in total. The zero-order chi connectivity index (χ0) is 14.1.